The minimum Gasteiger partial charge on any atom is -0.490 e. The minimum absolute atomic E-state index is 0.311. The molecule has 0 atom stereocenters. The molecule has 0 unspecified atom stereocenters. The molecule has 0 aromatic heterocycles. The summed E-state index contributed by atoms with van der Waals surface area (Å²) in [7, 11) is 0. The maximum absolute atomic E-state index is 12.7. The number of ether oxygens (including phenoxy) is 2. The van der Waals surface area contributed by atoms with Crippen LogP contribution in [0.15, 0.2) is 12.1 Å². The van der Waals surface area contributed by atoms with Gasteiger partial charge in [-0.05, 0) is 18.6 Å². The Kier molecular flexibility index (Phi) is 1.64. The van der Waals surface area contributed by atoms with E-state index >= 15 is 0 Å². The lowest BCUT2D eigenvalue weighted by molar-refractivity contribution is 0.314. The summed E-state index contributed by atoms with van der Waals surface area (Å²) < 4.78 is 22.9. The third-order valence-electron chi connectivity index (χ3n) is 1.65. The molecule has 0 bridgehead atoms. The van der Waals surface area contributed by atoms with Gasteiger partial charge in [0, 0.05) is 0 Å². The van der Waals surface area contributed by atoms with E-state index in [2.05, 4.69) is 0 Å². The van der Waals surface area contributed by atoms with Crippen LogP contribution in [-0.2, 0) is 0 Å². The lowest BCUT2D eigenvalue weighted by Crippen LogP contribution is -1.93. The highest BCUT2D eigenvalue weighted by Crippen LogP contribution is 2.53. The summed E-state index contributed by atoms with van der Waals surface area (Å²) in [5.74, 6) is 1.23. The van der Waals surface area contributed by atoms with Crippen LogP contribution >= 0.6 is 0 Å². The summed E-state index contributed by atoms with van der Waals surface area (Å²) in [5, 5.41) is 0. The molecule has 0 amide bonds. The zero-order chi connectivity index (χ0) is 8.55. The summed E-state index contributed by atoms with van der Waals surface area (Å²) in [6.45, 7) is 2.66. The van der Waals surface area contributed by atoms with Gasteiger partial charge in [0.25, 0.3) is 0 Å². The van der Waals surface area contributed by atoms with Crippen molar-refractivity contribution in [3.63, 3.8) is 0 Å². The van der Waals surface area contributed by atoms with Gasteiger partial charge in [0.15, 0.2) is 11.6 Å². The van der Waals surface area contributed by atoms with Crippen LogP contribution in [0.1, 0.15) is 13.3 Å². The van der Waals surface area contributed by atoms with Crippen molar-refractivity contribution in [1.82, 2.24) is 0 Å². The van der Waals surface area contributed by atoms with Gasteiger partial charge in [-0.25, -0.2) is 4.39 Å². The fourth-order valence-corrected chi connectivity index (χ4v) is 1.02. The zero-order valence-electron chi connectivity index (χ0n) is 6.76. The maximum atomic E-state index is 12.7. The highest BCUT2D eigenvalue weighted by molar-refractivity contribution is 5.63. The van der Waals surface area contributed by atoms with Crippen molar-refractivity contribution in [1.29, 1.82) is 0 Å². The highest BCUT2D eigenvalue weighted by atomic mass is 19.1. The van der Waals surface area contributed by atoms with Crippen LogP contribution in [-0.4, -0.2) is 6.61 Å². The predicted molar refractivity (Wildman–Crippen MR) is 42.3 cm³/mol. The van der Waals surface area contributed by atoms with Gasteiger partial charge in [0.05, 0.1) is 6.61 Å². The molecule has 1 aromatic carbocycles. The van der Waals surface area contributed by atoms with E-state index in [0.717, 1.165) is 6.42 Å². The number of rotatable bonds is 3. The van der Waals surface area contributed by atoms with E-state index < -0.39 is 0 Å². The summed E-state index contributed by atoms with van der Waals surface area (Å²) in [4.78, 5) is 0. The van der Waals surface area contributed by atoms with E-state index in [-0.39, 0.29) is 5.82 Å². The third-order valence-corrected chi connectivity index (χ3v) is 1.65. The number of fused-ring (bicyclic) bond motifs is 1. The third kappa shape index (κ3) is 1.11. The van der Waals surface area contributed by atoms with Crippen molar-refractivity contribution >= 4 is 0 Å². The largest absolute Gasteiger partial charge is 0.490 e. The van der Waals surface area contributed by atoms with Crippen LogP contribution in [0.4, 0.5) is 4.39 Å². The van der Waals surface area contributed by atoms with Gasteiger partial charge in [-0.15, -0.1) is 0 Å². The maximum Gasteiger partial charge on any atom is 0.215 e. The molecule has 1 aliphatic heterocycles. The first-order valence-corrected chi connectivity index (χ1v) is 3.96. The Bertz CT molecular complexity index is 310. The topological polar surface area (TPSA) is 21.8 Å². The minimum atomic E-state index is -0.311. The van der Waals surface area contributed by atoms with Crippen LogP contribution in [0.2, 0.25) is 0 Å². The van der Waals surface area contributed by atoms with Gasteiger partial charge in [0.1, 0.15) is 0 Å². The van der Waals surface area contributed by atoms with Gasteiger partial charge in [-0.2, -0.15) is 0 Å². The summed E-state index contributed by atoms with van der Waals surface area (Å²) in [6.07, 6.45) is 0.937. The van der Waals surface area contributed by atoms with Crippen molar-refractivity contribution in [2.45, 2.75) is 13.3 Å². The second-order valence-corrected chi connectivity index (χ2v) is 2.65. The van der Waals surface area contributed by atoms with Gasteiger partial charge in [-0.1, -0.05) is 6.92 Å². The summed E-state index contributed by atoms with van der Waals surface area (Å²) in [5.41, 5.74) is 0. The zero-order valence-corrected chi connectivity index (χ0v) is 6.76. The molecular weight excluding hydrogens is 159 g/mol. The number of hydrogen-bond donors (Lipinski definition) is 0. The Balaban J connectivity index is 2.15. The van der Waals surface area contributed by atoms with Gasteiger partial charge < -0.3 is 9.47 Å². The number of halogens is 1. The Hall–Kier alpha value is -1.25. The molecule has 1 heterocycles. The van der Waals surface area contributed by atoms with Crippen molar-refractivity contribution < 1.29 is 13.9 Å². The normalized spacial score (nSPS) is 11.8. The number of hydrogen-bond acceptors (Lipinski definition) is 2. The van der Waals surface area contributed by atoms with Crippen molar-refractivity contribution in [2.24, 2.45) is 0 Å². The van der Waals surface area contributed by atoms with Crippen LogP contribution in [0, 0.1) is 5.82 Å². The van der Waals surface area contributed by atoms with Crippen LogP contribution in [0.25, 0.3) is 0 Å². The van der Waals surface area contributed by atoms with Gasteiger partial charge in [-0.3, -0.25) is 0 Å². The summed E-state index contributed by atoms with van der Waals surface area (Å²) >= 11 is 0. The lowest BCUT2D eigenvalue weighted by Gasteiger charge is -1.99. The molecule has 2 nitrogen and oxygen atoms in total. The van der Waals surface area contributed by atoms with E-state index in [4.69, 9.17) is 9.47 Å². The van der Waals surface area contributed by atoms with E-state index in [0.29, 0.717) is 23.9 Å². The van der Waals surface area contributed by atoms with Gasteiger partial charge in [0.2, 0.25) is 11.5 Å². The molecule has 2 rings (SSSR count). The molecule has 0 fully saturated rings. The average molecular weight is 168 g/mol. The molecule has 12 heavy (non-hydrogen) atoms. The SMILES string of the molecule is CCCOc1ccc(F)c2c1O2. The summed E-state index contributed by atoms with van der Waals surface area (Å²) in [6, 6.07) is 2.95. The van der Waals surface area contributed by atoms with E-state index in [9.17, 15) is 4.39 Å². The Morgan fingerprint density at radius 1 is 1.42 bits per heavy atom. The fraction of sp³-hybridized carbons (Fsp3) is 0.333. The monoisotopic (exact) mass is 168 g/mol. The van der Waals surface area contributed by atoms with Crippen LogP contribution < -0.4 is 9.47 Å². The Morgan fingerprint density at radius 2 is 2.25 bits per heavy atom. The van der Waals surface area contributed by atoms with E-state index in [1.54, 1.807) is 6.07 Å². The Labute approximate surface area is 69.9 Å². The van der Waals surface area contributed by atoms with Crippen molar-refractivity contribution in [2.75, 3.05) is 6.61 Å². The van der Waals surface area contributed by atoms with Gasteiger partial charge >= 0.3 is 0 Å². The molecule has 0 saturated heterocycles. The molecule has 1 aromatic rings. The average Bonchev–Trinajstić information content (AvgIpc) is 2.83. The molecule has 0 N–H and O–H groups in total. The quantitative estimate of drug-likeness (QED) is 0.657. The molecule has 0 radical (unpaired) electrons. The number of benzene rings is 1. The first-order chi connectivity index (χ1) is 5.83. The molecule has 0 spiro atoms. The van der Waals surface area contributed by atoms with E-state index in [1.165, 1.54) is 6.07 Å². The molecule has 3 heteroatoms. The molecule has 0 aliphatic carbocycles. The van der Waals surface area contributed by atoms with Crippen molar-refractivity contribution in [3.8, 4) is 17.2 Å². The second kappa shape index (κ2) is 2.66. The molecule has 64 valence electrons. The first-order valence-electron chi connectivity index (χ1n) is 3.96. The molecule has 1 aliphatic rings. The standard InChI is InChI=1S/C9H9FO2/c1-2-5-11-7-4-3-6(10)8-9(7)12-8/h3-4H,2,5H2,1H3. The van der Waals surface area contributed by atoms with E-state index in [1.807, 2.05) is 6.92 Å². The second-order valence-electron chi connectivity index (χ2n) is 2.65. The lowest BCUT2D eigenvalue weighted by atomic mass is 10.3. The predicted octanol–water partition coefficient (Wildman–Crippen LogP) is 2.72. The molecular formula is C9H9FO2. The smallest absolute Gasteiger partial charge is 0.215 e. The Morgan fingerprint density at radius 3 is 3.00 bits per heavy atom. The van der Waals surface area contributed by atoms with Crippen LogP contribution in [0.3, 0.4) is 0 Å². The van der Waals surface area contributed by atoms with Crippen molar-refractivity contribution in [3.05, 3.63) is 17.9 Å². The first kappa shape index (κ1) is 7.40. The molecule has 0 saturated carbocycles. The highest BCUT2D eigenvalue weighted by Gasteiger charge is 2.30. The fourth-order valence-electron chi connectivity index (χ4n) is 1.02. The van der Waals surface area contributed by atoms with Crippen LogP contribution in [0.5, 0.6) is 17.2 Å².